The Balaban J connectivity index is 1.81. The maximum atomic E-state index is 11.7. The van der Waals surface area contributed by atoms with Crippen LogP contribution in [-0.4, -0.2) is 30.6 Å². The lowest BCUT2D eigenvalue weighted by Crippen LogP contribution is -2.46. The molecule has 1 fully saturated rings. The highest BCUT2D eigenvalue weighted by molar-refractivity contribution is 6.34. The van der Waals surface area contributed by atoms with Gasteiger partial charge in [0.2, 0.25) is 0 Å². The minimum absolute atomic E-state index is 0.0729. The second-order valence-corrected chi connectivity index (χ2v) is 5.29. The van der Waals surface area contributed by atoms with Crippen molar-refractivity contribution in [2.75, 3.05) is 19.7 Å². The monoisotopic (exact) mass is 302 g/mol. The molecule has 1 aliphatic heterocycles. The average molecular weight is 303 g/mol. The summed E-state index contributed by atoms with van der Waals surface area (Å²) in [6.07, 6.45) is 3.45. The Hall–Kier alpha value is -0.970. The van der Waals surface area contributed by atoms with Crippen molar-refractivity contribution in [2.45, 2.75) is 19.3 Å². The molecule has 0 spiro atoms. The number of amides is 1. The lowest BCUT2D eigenvalue weighted by molar-refractivity contribution is -0.128. The van der Waals surface area contributed by atoms with E-state index in [2.05, 4.69) is 5.43 Å². The Kier molecular flexibility index (Phi) is 5.31. The number of carbonyl (C=O) groups excluding carboxylic acids is 1. The molecule has 1 heterocycles. The molecular weight excluding hydrogens is 287 g/mol. The molecule has 0 aromatic heterocycles. The predicted molar refractivity (Wildman–Crippen MR) is 75.5 cm³/mol. The van der Waals surface area contributed by atoms with Gasteiger partial charge in [0.1, 0.15) is 5.75 Å². The molecule has 2 rings (SSSR count). The third-order valence-corrected chi connectivity index (χ3v) is 3.44. The Morgan fingerprint density at radius 1 is 1.26 bits per heavy atom. The van der Waals surface area contributed by atoms with E-state index in [1.54, 1.807) is 18.2 Å². The fourth-order valence-corrected chi connectivity index (χ4v) is 2.28. The Labute approximate surface area is 122 Å². The first-order valence-electron chi connectivity index (χ1n) is 6.27. The smallest absolute Gasteiger partial charge is 0.272 e. The first-order valence-corrected chi connectivity index (χ1v) is 7.03. The molecule has 4 nitrogen and oxygen atoms in total. The van der Waals surface area contributed by atoms with Gasteiger partial charge in [0.05, 0.1) is 5.02 Å². The van der Waals surface area contributed by atoms with Gasteiger partial charge < -0.3 is 4.74 Å². The Bertz CT molecular complexity index is 448. The summed E-state index contributed by atoms with van der Waals surface area (Å²) in [7, 11) is 0. The van der Waals surface area contributed by atoms with Gasteiger partial charge in [-0.15, -0.1) is 0 Å². The highest BCUT2D eigenvalue weighted by atomic mass is 35.5. The number of piperidine rings is 1. The maximum absolute atomic E-state index is 11.7. The molecule has 1 aromatic rings. The van der Waals surface area contributed by atoms with Crippen LogP contribution in [0.1, 0.15) is 19.3 Å². The van der Waals surface area contributed by atoms with Crippen LogP contribution in [0, 0.1) is 0 Å². The lowest BCUT2D eigenvalue weighted by atomic mass is 10.2. The molecule has 1 aromatic carbocycles. The van der Waals surface area contributed by atoms with Crippen molar-refractivity contribution < 1.29 is 9.53 Å². The highest BCUT2D eigenvalue weighted by Crippen LogP contribution is 2.27. The number of benzene rings is 1. The van der Waals surface area contributed by atoms with E-state index in [4.69, 9.17) is 27.9 Å². The number of hydrogen-bond acceptors (Lipinski definition) is 3. The van der Waals surface area contributed by atoms with E-state index in [0.29, 0.717) is 15.8 Å². The summed E-state index contributed by atoms with van der Waals surface area (Å²) in [6, 6.07) is 4.91. The summed E-state index contributed by atoms with van der Waals surface area (Å²) in [4.78, 5) is 11.7. The van der Waals surface area contributed by atoms with Crippen LogP contribution in [0.3, 0.4) is 0 Å². The molecule has 104 valence electrons. The van der Waals surface area contributed by atoms with Gasteiger partial charge in [-0.25, -0.2) is 5.01 Å². The average Bonchev–Trinajstić information content (AvgIpc) is 2.41. The third-order valence-electron chi connectivity index (χ3n) is 2.89. The van der Waals surface area contributed by atoms with Gasteiger partial charge in [0, 0.05) is 24.2 Å². The van der Waals surface area contributed by atoms with Crippen molar-refractivity contribution in [3.05, 3.63) is 28.2 Å². The lowest BCUT2D eigenvalue weighted by Gasteiger charge is -2.26. The van der Waals surface area contributed by atoms with Gasteiger partial charge in [0.25, 0.3) is 5.91 Å². The Morgan fingerprint density at radius 2 is 2.00 bits per heavy atom. The number of carbonyl (C=O) groups is 1. The van der Waals surface area contributed by atoms with Crippen LogP contribution in [0.25, 0.3) is 0 Å². The van der Waals surface area contributed by atoms with Crippen molar-refractivity contribution in [3.63, 3.8) is 0 Å². The molecular formula is C13H16Cl2N2O2. The van der Waals surface area contributed by atoms with E-state index in [0.717, 1.165) is 25.9 Å². The fourth-order valence-electron chi connectivity index (χ4n) is 1.95. The predicted octanol–water partition coefficient (Wildman–Crippen LogP) is 2.89. The number of halogens is 2. The van der Waals surface area contributed by atoms with Crippen LogP contribution in [0.5, 0.6) is 5.75 Å². The van der Waals surface area contributed by atoms with E-state index in [-0.39, 0.29) is 12.5 Å². The van der Waals surface area contributed by atoms with Crippen LogP contribution in [-0.2, 0) is 4.79 Å². The summed E-state index contributed by atoms with van der Waals surface area (Å²) in [5.74, 6) is 0.237. The molecule has 1 saturated heterocycles. The quantitative estimate of drug-likeness (QED) is 0.930. The van der Waals surface area contributed by atoms with Crippen molar-refractivity contribution in [2.24, 2.45) is 0 Å². The Morgan fingerprint density at radius 3 is 2.74 bits per heavy atom. The zero-order valence-electron chi connectivity index (χ0n) is 10.5. The van der Waals surface area contributed by atoms with Crippen molar-refractivity contribution >= 4 is 29.1 Å². The van der Waals surface area contributed by atoms with Gasteiger partial charge in [-0.1, -0.05) is 29.6 Å². The number of hydrazine groups is 1. The van der Waals surface area contributed by atoms with E-state index < -0.39 is 0 Å². The second kappa shape index (κ2) is 6.98. The number of hydrogen-bond donors (Lipinski definition) is 1. The summed E-state index contributed by atoms with van der Waals surface area (Å²) < 4.78 is 5.37. The first-order chi connectivity index (χ1) is 9.15. The van der Waals surface area contributed by atoms with Crippen molar-refractivity contribution in [1.29, 1.82) is 0 Å². The summed E-state index contributed by atoms with van der Waals surface area (Å²) >= 11 is 11.8. The third kappa shape index (κ3) is 4.56. The number of ether oxygens (including phenoxy) is 1. The van der Waals surface area contributed by atoms with Gasteiger partial charge in [-0.05, 0) is 25.0 Å². The number of rotatable bonds is 4. The molecule has 0 aliphatic carbocycles. The molecule has 1 aliphatic rings. The maximum Gasteiger partial charge on any atom is 0.272 e. The summed E-state index contributed by atoms with van der Waals surface area (Å²) in [6.45, 7) is 1.71. The van der Waals surface area contributed by atoms with Crippen molar-refractivity contribution in [1.82, 2.24) is 10.4 Å². The molecule has 0 saturated carbocycles. The van der Waals surface area contributed by atoms with Crippen molar-refractivity contribution in [3.8, 4) is 5.75 Å². The topological polar surface area (TPSA) is 41.6 Å². The first kappa shape index (κ1) is 14.4. The number of nitrogens with one attached hydrogen (secondary N) is 1. The molecule has 0 unspecified atom stereocenters. The molecule has 19 heavy (non-hydrogen) atoms. The number of nitrogens with zero attached hydrogens (tertiary/aromatic N) is 1. The summed E-state index contributed by atoms with van der Waals surface area (Å²) in [5, 5.41) is 2.89. The molecule has 1 N–H and O–H groups in total. The van der Waals surface area contributed by atoms with Gasteiger partial charge in [-0.3, -0.25) is 10.2 Å². The van der Waals surface area contributed by atoms with Crippen LogP contribution < -0.4 is 10.2 Å². The minimum Gasteiger partial charge on any atom is -0.482 e. The summed E-state index contributed by atoms with van der Waals surface area (Å²) in [5.41, 5.74) is 2.82. The van der Waals surface area contributed by atoms with E-state index >= 15 is 0 Å². The molecule has 0 radical (unpaired) electrons. The SMILES string of the molecule is O=C(COc1cc(Cl)ccc1Cl)NN1CCCCC1. The molecule has 1 amide bonds. The van der Waals surface area contributed by atoms with Gasteiger partial charge in [0.15, 0.2) is 6.61 Å². The second-order valence-electron chi connectivity index (χ2n) is 4.45. The molecule has 0 bridgehead atoms. The highest BCUT2D eigenvalue weighted by Gasteiger charge is 2.13. The molecule has 0 atom stereocenters. The zero-order chi connectivity index (χ0) is 13.7. The van der Waals surface area contributed by atoms with E-state index in [9.17, 15) is 4.79 Å². The van der Waals surface area contributed by atoms with Crippen LogP contribution in [0.2, 0.25) is 10.0 Å². The molecule has 6 heteroatoms. The standard InChI is InChI=1S/C13H16Cl2N2O2/c14-10-4-5-11(15)12(8-10)19-9-13(18)16-17-6-2-1-3-7-17/h4-5,8H,1-3,6-7,9H2,(H,16,18). The van der Waals surface area contributed by atoms with Crippen LogP contribution >= 0.6 is 23.2 Å². The van der Waals surface area contributed by atoms with Gasteiger partial charge >= 0.3 is 0 Å². The minimum atomic E-state index is -0.182. The largest absolute Gasteiger partial charge is 0.482 e. The normalized spacial score (nSPS) is 16.1. The van der Waals surface area contributed by atoms with Crippen LogP contribution in [0.15, 0.2) is 18.2 Å². The fraction of sp³-hybridized carbons (Fsp3) is 0.462. The van der Waals surface area contributed by atoms with E-state index in [1.807, 2.05) is 5.01 Å². The van der Waals surface area contributed by atoms with Crippen LogP contribution in [0.4, 0.5) is 0 Å². The van der Waals surface area contributed by atoms with Gasteiger partial charge in [-0.2, -0.15) is 0 Å². The van der Waals surface area contributed by atoms with E-state index in [1.165, 1.54) is 6.42 Å². The zero-order valence-corrected chi connectivity index (χ0v) is 12.0.